The Morgan fingerprint density at radius 1 is 1.12 bits per heavy atom. The molecule has 9 heteroatoms. The number of hydrogen-bond acceptors (Lipinski definition) is 4. The number of hydrogen-bond donors (Lipinski definition) is 1. The van der Waals surface area contributed by atoms with Crippen molar-refractivity contribution in [1.29, 1.82) is 0 Å². The zero-order valence-electron chi connectivity index (χ0n) is 14.4. The lowest BCUT2D eigenvalue weighted by atomic mass is 10.2. The van der Waals surface area contributed by atoms with E-state index in [-0.39, 0.29) is 24.7 Å². The van der Waals surface area contributed by atoms with Gasteiger partial charge in [-0.1, -0.05) is 12.1 Å². The summed E-state index contributed by atoms with van der Waals surface area (Å²) in [4.78, 5) is 16.1. The average Bonchev–Trinajstić information content (AvgIpc) is 2.57. The van der Waals surface area contributed by atoms with E-state index in [1.165, 1.54) is 12.1 Å². The van der Waals surface area contributed by atoms with Gasteiger partial charge in [-0.25, -0.2) is 4.39 Å². The third-order valence-electron chi connectivity index (χ3n) is 4.01. The molecule has 26 heavy (non-hydrogen) atoms. The van der Waals surface area contributed by atoms with Gasteiger partial charge in [-0.05, 0) is 18.6 Å². The molecule has 1 heterocycles. The second-order valence-corrected chi connectivity index (χ2v) is 6.17. The van der Waals surface area contributed by atoms with E-state index in [1.54, 1.807) is 12.1 Å². The molecule has 0 unspecified atom stereocenters. The Labute approximate surface area is 149 Å². The van der Waals surface area contributed by atoms with E-state index in [1.807, 2.05) is 4.90 Å². The molecule has 0 spiro atoms. The normalized spacial score (nSPS) is 16.6. The van der Waals surface area contributed by atoms with Gasteiger partial charge in [-0.15, -0.1) is 0 Å². The summed E-state index contributed by atoms with van der Waals surface area (Å²) in [5.74, 6) is -0.748. The first kappa shape index (κ1) is 20.6. The predicted molar refractivity (Wildman–Crippen MR) is 89.4 cm³/mol. The largest absolute Gasteiger partial charge is 0.411 e. The fourth-order valence-electron chi connectivity index (χ4n) is 2.70. The highest BCUT2D eigenvalue weighted by atomic mass is 19.4. The third kappa shape index (κ3) is 7.67. The van der Waals surface area contributed by atoms with Crippen LogP contribution < -0.4 is 5.32 Å². The van der Waals surface area contributed by atoms with Gasteiger partial charge >= 0.3 is 6.18 Å². The molecule has 2 rings (SSSR count). The van der Waals surface area contributed by atoms with E-state index in [2.05, 4.69) is 15.0 Å². The summed E-state index contributed by atoms with van der Waals surface area (Å²) in [6.07, 6.45) is -3.75. The maximum Gasteiger partial charge on any atom is 0.411 e. The first-order valence-electron chi connectivity index (χ1n) is 8.47. The molecule has 1 aromatic carbocycles. The Hall–Kier alpha value is -1.71. The van der Waals surface area contributed by atoms with Crippen molar-refractivity contribution in [2.24, 2.45) is 0 Å². The Morgan fingerprint density at radius 2 is 1.77 bits per heavy atom. The summed E-state index contributed by atoms with van der Waals surface area (Å²) < 4.78 is 53.9. The monoisotopic (exact) mass is 377 g/mol. The lowest BCUT2D eigenvalue weighted by Crippen LogP contribution is -2.48. The van der Waals surface area contributed by atoms with E-state index < -0.39 is 18.6 Å². The van der Waals surface area contributed by atoms with Crippen LogP contribution in [0.15, 0.2) is 24.3 Å². The number of carbonyl (C=O) groups excluding carboxylic acids is 1. The van der Waals surface area contributed by atoms with E-state index >= 15 is 0 Å². The molecule has 1 aliphatic heterocycles. The summed E-state index contributed by atoms with van der Waals surface area (Å²) in [5.41, 5.74) is 0.162. The van der Waals surface area contributed by atoms with Crippen molar-refractivity contribution in [2.45, 2.75) is 12.6 Å². The van der Waals surface area contributed by atoms with Crippen molar-refractivity contribution < 1.29 is 27.1 Å². The molecule has 0 bridgehead atoms. The smallest absolute Gasteiger partial charge is 0.372 e. The number of nitrogens with one attached hydrogen (secondary N) is 1. The first-order valence-corrected chi connectivity index (χ1v) is 8.47. The van der Waals surface area contributed by atoms with Crippen LogP contribution in [0.3, 0.4) is 0 Å². The lowest BCUT2D eigenvalue weighted by Gasteiger charge is -2.34. The molecular weight excluding hydrogens is 354 g/mol. The van der Waals surface area contributed by atoms with Gasteiger partial charge in [0.2, 0.25) is 5.91 Å². The minimum Gasteiger partial charge on any atom is -0.372 e. The number of carbonyl (C=O) groups is 1. The molecule has 1 fully saturated rings. The van der Waals surface area contributed by atoms with Crippen LogP contribution in [0.5, 0.6) is 0 Å². The van der Waals surface area contributed by atoms with Crippen molar-refractivity contribution >= 4 is 11.6 Å². The molecular formula is C17H23F4N3O2. The number of anilines is 1. The number of benzene rings is 1. The van der Waals surface area contributed by atoms with Crippen molar-refractivity contribution in [1.82, 2.24) is 9.80 Å². The first-order chi connectivity index (χ1) is 12.3. The summed E-state index contributed by atoms with van der Waals surface area (Å²) in [5, 5.41) is 2.55. The SMILES string of the molecule is O=C(CN1CCN(CCCOCC(F)(F)F)CC1)Nc1ccccc1F. The highest BCUT2D eigenvalue weighted by Gasteiger charge is 2.27. The minimum atomic E-state index is -4.28. The number of amides is 1. The zero-order valence-corrected chi connectivity index (χ0v) is 14.4. The van der Waals surface area contributed by atoms with E-state index in [4.69, 9.17) is 0 Å². The van der Waals surface area contributed by atoms with Crippen molar-refractivity contribution in [3.8, 4) is 0 Å². The second-order valence-electron chi connectivity index (χ2n) is 6.17. The van der Waals surface area contributed by atoms with Crippen LogP contribution in [0, 0.1) is 5.82 Å². The van der Waals surface area contributed by atoms with Crippen LogP contribution in [0.1, 0.15) is 6.42 Å². The average molecular weight is 377 g/mol. The summed E-state index contributed by atoms with van der Waals surface area (Å²) in [6.45, 7) is 2.51. The second kappa shape index (κ2) is 9.84. The van der Waals surface area contributed by atoms with Crippen LogP contribution in [0.25, 0.3) is 0 Å². The molecule has 0 aliphatic carbocycles. The fourth-order valence-corrected chi connectivity index (χ4v) is 2.70. The number of ether oxygens (including phenoxy) is 1. The molecule has 0 radical (unpaired) electrons. The number of para-hydroxylation sites is 1. The van der Waals surface area contributed by atoms with E-state index in [0.717, 1.165) is 13.1 Å². The van der Waals surface area contributed by atoms with Crippen LogP contribution in [-0.2, 0) is 9.53 Å². The third-order valence-corrected chi connectivity index (χ3v) is 4.01. The van der Waals surface area contributed by atoms with Crippen molar-refractivity contribution in [3.05, 3.63) is 30.1 Å². The topological polar surface area (TPSA) is 44.8 Å². The molecule has 1 aliphatic rings. The molecule has 1 N–H and O–H groups in total. The molecule has 0 saturated carbocycles. The molecule has 146 valence electrons. The van der Waals surface area contributed by atoms with Gasteiger partial charge in [0, 0.05) is 39.3 Å². The highest BCUT2D eigenvalue weighted by molar-refractivity contribution is 5.92. The number of piperazine rings is 1. The lowest BCUT2D eigenvalue weighted by molar-refractivity contribution is -0.174. The van der Waals surface area contributed by atoms with Crippen LogP contribution in [-0.4, -0.2) is 74.4 Å². The summed E-state index contributed by atoms with van der Waals surface area (Å²) in [6, 6.07) is 5.99. The molecule has 0 atom stereocenters. The minimum absolute atomic E-state index is 0.0742. The van der Waals surface area contributed by atoms with Gasteiger partial charge in [-0.3, -0.25) is 9.69 Å². The quantitative estimate of drug-likeness (QED) is 0.558. The van der Waals surface area contributed by atoms with Gasteiger partial charge in [0.25, 0.3) is 0 Å². The van der Waals surface area contributed by atoms with Crippen LogP contribution >= 0.6 is 0 Å². The molecule has 1 aromatic rings. The standard InChI is InChI=1S/C17H23F4N3O2/c18-14-4-1-2-5-15(14)22-16(25)12-24-9-7-23(8-10-24)6-3-11-26-13-17(19,20)21/h1-2,4-5H,3,6-13H2,(H,22,25). The van der Waals surface area contributed by atoms with Crippen molar-refractivity contribution in [3.63, 3.8) is 0 Å². The molecule has 1 saturated heterocycles. The molecule has 5 nitrogen and oxygen atoms in total. The highest BCUT2D eigenvalue weighted by Crippen LogP contribution is 2.15. The number of alkyl halides is 3. The van der Waals surface area contributed by atoms with Crippen molar-refractivity contribution in [2.75, 3.05) is 57.8 Å². The van der Waals surface area contributed by atoms with Gasteiger partial charge in [0.1, 0.15) is 12.4 Å². The fraction of sp³-hybridized carbons (Fsp3) is 0.588. The maximum atomic E-state index is 13.5. The Bertz CT molecular complexity index is 575. The molecule has 1 amide bonds. The van der Waals surface area contributed by atoms with Gasteiger partial charge < -0.3 is 15.0 Å². The molecule has 0 aromatic heterocycles. The Morgan fingerprint density at radius 3 is 2.42 bits per heavy atom. The number of halogens is 4. The number of rotatable bonds is 8. The predicted octanol–water partition coefficient (Wildman–Crippen LogP) is 2.35. The Kier molecular flexibility index (Phi) is 7.80. The number of nitrogens with zero attached hydrogens (tertiary/aromatic N) is 2. The summed E-state index contributed by atoms with van der Waals surface area (Å²) >= 11 is 0. The van der Waals surface area contributed by atoms with Gasteiger partial charge in [0.05, 0.1) is 12.2 Å². The Balaban J connectivity index is 1.59. The van der Waals surface area contributed by atoms with Gasteiger partial charge in [-0.2, -0.15) is 13.2 Å². The van der Waals surface area contributed by atoms with Crippen LogP contribution in [0.4, 0.5) is 23.2 Å². The van der Waals surface area contributed by atoms with Crippen LogP contribution in [0.2, 0.25) is 0 Å². The maximum absolute atomic E-state index is 13.5. The zero-order chi connectivity index (χ0) is 19.0. The van der Waals surface area contributed by atoms with E-state index in [0.29, 0.717) is 26.1 Å². The summed E-state index contributed by atoms with van der Waals surface area (Å²) in [7, 11) is 0. The van der Waals surface area contributed by atoms with Gasteiger partial charge in [0.15, 0.2) is 0 Å². The van der Waals surface area contributed by atoms with E-state index in [9.17, 15) is 22.4 Å².